The molecule has 1 saturated heterocycles. The van der Waals surface area contributed by atoms with Gasteiger partial charge in [0.25, 0.3) is 0 Å². The molecule has 3 heterocycles. The van der Waals surface area contributed by atoms with Crippen LogP contribution in [0, 0.1) is 23.4 Å². The lowest BCUT2D eigenvalue weighted by Gasteiger charge is -2.40. The van der Waals surface area contributed by atoms with E-state index in [1.807, 2.05) is 13.0 Å². The highest BCUT2D eigenvalue weighted by Gasteiger charge is 2.31. The van der Waals surface area contributed by atoms with Crippen LogP contribution in [0.15, 0.2) is 42.7 Å². The lowest BCUT2D eigenvalue weighted by molar-refractivity contribution is 0.0282. The van der Waals surface area contributed by atoms with Gasteiger partial charge in [0, 0.05) is 61.0 Å². The van der Waals surface area contributed by atoms with E-state index in [0.717, 1.165) is 29.4 Å². The summed E-state index contributed by atoms with van der Waals surface area (Å²) in [6.45, 7) is 5.91. The van der Waals surface area contributed by atoms with Gasteiger partial charge in [0.15, 0.2) is 0 Å². The first-order chi connectivity index (χ1) is 17.9. The van der Waals surface area contributed by atoms with Crippen LogP contribution < -0.4 is 15.4 Å². The average Bonchev–Trinajstić information content (AvgIpc) is 2.85. The van der Waals surface area contributed by atoms with Crippen LogP contribution in [-0.4, -0.2) is 57.6 Å². The molecule has 1 aliphatic rings. The van der Waals surface area contributed by atoms with Crippen molar-refractivity contribution in [3.63, 3.8) is 0 Å². The van der Waals surface area contributed by atoms with Gasteiger partial charge in [0.1, 0.15) is 35.5 Å². The maximum Gasteiger partial charge on any atom is 0.149 e. The highest BCUT2D eigenvalue weighted by molar-refractivity contribution is 5.63. The van der Waals surface area contributed by atoms with Crippen molar-refractivity contribution in [3.05, 3.63) is 71.4 Å². The number of halogens is 3. The molecule has 0 bridgehead atoms. The predicted octanol–water partition coefficient (Wildman–Crippen LogP) is 3.64. The summed E-state index contributed by atoms with van der Waals surface area (Å²) in [5, 5.41) is 20.0. The molecule has 1 aromatic carbocycles. The molecular formula is C28H33F3N4O3. The van der Waals surface area contributed by atoms with Crippen molar-refractivity contribution in [2.75, 3.05) is 24.6 Å². The Balaban J connectivity index is 1.54. The molecule has 0 spiro atoms. The highest BCUT2D eigenvalue weighted by Crippen LogP contribution is 2.32. The van der Waals surface area contributed by atoms with E-state index in [0.29, 0.717) is 31.6 Å². The van der Waals surface area contributed by atoms with Crippen LogP contribution in [0.4, 0.5) is 18.9 Å². The molecule has 3 aromatic rings. The largest absolute Gasteiger partial charge is 0.490 e. The molecule has 0 saturated carbocycles. The van der Waals surface area contributed by atoms with Crippen LogP contribution in [0.2, 0.25) is 0 Å². The van der Waals surface area contributed by atoms with Crippen LogP contribution in [0.5, 0.6) is 5.75 Å². The minimum absolute atomic E-state index is 0.00204. The van der Waals surface area contributed by atoms with E-state index in [4.69, 9.17) is 10.5 Å². The number of aromatic nitrogens is 2. The number of nitrogens with zero attached hydrogens (tertiary/aromatic N) is 3. The number of rotatable bonds is 8. The van der Waals surface area contributed by atoms with Crippen molar-refractivity contribution in [1.29, 1.82) is 0 Å². The minimum Gasteiger partial charge on any atom is -0.490 e. The van der Waals surface area contributed by atoms with Gasteiger partial charge < -0.3 is 25.6 Å². The Morgan fingerprint density at radius 3 is 2.45 bits per heavy atom. The van der Waals surface area contributed by atoms with Crippen molar-refractivity contribution >= 4 is 5.69 Å². The zero-order valence-electron chi connectivity index (χ0n) is 21.7. The van der Waals surface area contributed by atoms with Crippen molar-refractivity contribution in [1.82, 2.24) is 9.97 Å². The van der Waals surface area contributed by atoms with E-state index in [1.54, 1.807) is 12.4 Å². The molecule has 0 amide bonds. The van der Waals surface area contributed by atoms with Crippen LogP contribution in [0.25, 0.3) is 11.3 Å². The average molecular weight is 531 g/mol. The van der Waals surface area contributed by atoms with Gasteiger partial charge >= 0.3 is 0 Å². The third-order valence-electron chi connectivity index (χ3n) is 6.58. The molecule has 4 N–H and O–H groups in total. The van der Waals surface area contributed by atoms with E-state index >= 15 is 0 Å². The molecular weight excluding hydrogens is 497 g/mol. The van der Waals surface area contributed by atoms with Gasteiger partial charge in [-0.05, 0) is 50.5 Å². The van der Waals surface area contributed by atoms with E-state index in [-0.39, 0.29) is 24.3 Å². The van der Waals surface area contributed by atoms with Gasteiger partial charge in [-0.1, -0.05) is 6.92 Å². The summed E-state index contributed by atoms with van der Waals surface area (Å²) in [6.07, 6.45) is 3.74. The number of ether oxygens (including phenoxy) is 1. The second-order valence-electron chi connectivity index (χ2n) is 10.5. The lowest BCUT2D eigenvalue weighted by Crippen LogP contribution is -2.55. The highest BCUT2D eigenvalue weighted by atomic mass is 19.1. The van der Waals surface area contributed by atoms with Gasteiger partial charge in [-0.25, -0.2) is 18.2 Å². The van der Waals surface area contributed by atoms with Crippen LogP contribution in [0.1, 0.15) is 32.0 Å². The number of hydrogen-bond donors (Lipinski definition) is 3. The van der Waals surface area contributed by atoms with Crippen LogP contribution in [-0.2, 0) is 12.8 Å². The molecule has 1 aliphatic heterocycles. The number of hydrogen-bond acceptors (Lipinski definition) is 7. The molecule has 0 radical (unpaired) electrons. The Hall–Kier alpha value is -3.21. The molecule has 7 nitrogen and oxygen atoms in total. The summed E-state index contributed by atoms with van der Waals surface area (Å²) in [5.41, 5.74) is 6.24. The zero-order chi connectivity index (χ0) is 27.6. The van der Waals surface area contributed by atoms with Gasteiger partial charge in [-0.3, -0.25) is 4.98 Å². The van der Waals surface area contributed by atoms with E-state index < -0.39 is 40.4 Å². The van der Waals surface area contributed by atoms with Gasteiger partial charge in [-0.15, -0.1) is 0 Å². The quantitative estimate of drug-likeness (QED) is 0.409. The normalized spacial score (nSPS) is 20.0. The maximum atomic E-state index is 14.9. The Kier molecular flexibility index (Phi) is 8.25. The topological polar surface area (TPSA) is 105 Å². The summed E-state index contributed by atoms with van der Waals surface area (Å²) in [7, 11) is 0. The molecule has 2 aromatic heterocycles. The number of pyridine rings is 2. The number of benzene rings is 1. The number of aliphatic hydroxyl groups excluding tert-OH is 1. The Labute approximate surface area is 220 Å². The molecule has 4 rings (SSSR count). The first-order valence-electron chi connectivity index (χ1n) is 12.5. The van der Waals surface area contributed by atoms with E-state index in [9.17, 15) is 23.4 Å². The fourth-order valence-electron chi connectivity index (χ4n) is 4.61. The Morgan fingerprint density at radius 2 is 1.79 bits per heavy atom. The predicted molar refractivity (Wildman–Crippen MR) is 138 cm³/mol. The molecule has 204 valence electrons. The Morgan fingerprint density at radius 1 is 1.08 bits per heavy atom. The molecule has 1 fully saturated rings. The van der Waals surface area contributed by atoms with E-state index in [2.05, 4.69) is 14.9 Å². The Bertz CT molecular complexity index is 1250. The lowest BCUT2D eigenvalue weighted by atomic mass is 9.92. The van der Waals surface area contributed by atoms with Crippen molar-refractivity contribution < 1.29 is 28.1 Å². The second-order valence-corrected chi connectivity index (χ2v) is 10.5. The number of nitrogens with two attached hydrogens (primary N) is 1. The smallest absolute Gasteiger partial charge is 0.149 e. The van der Waals surface area contributed by atoms with Crippen molar-refractivity contribution in [3.8, 4) is 17.0 Å². The van der Waals surface area contributed by atoms with Gasteiger partial charge in [0.05, 0.1) is 17.3 Å². The monoisotopic (exact) mass is 530 g/mol. The van der Waals surface area contributed by atoms with Gasteiger partial charge in [0.2, 0.25) is 0 Å². The first-order valence-corrected chi connectivity index (χ1v) is 12.5. The molecule has 0 aliphatic carbocycles. The fraction of sp³-hybridized carbons (Fsp3) is 0.429. The molecule has 3 atom stereocenters. The summed E-state index contributed by atoms with van der Waals surface area (Å²) in [4.78, 5) is 10.6. The standard InChI is InChI=1S/C28H33F3N4O3/c1-16-13-35(14-23(32)27(16)36)24-8-9-33-12-17(24)4-5-18-6-7-20(29)26(34-18)25-21(30)10-19(11-22(25)31)38-15-28(2,3)37/h6-12,16,23,27,36-37H,4-5,13-15,32H2,1-3H3/t16-,23+,27+/m0/s1. The minimum atomic E-state index is -1.19. The van der Waals surface area contributed by atoms with Gasteiger partial charge in [-0.2, -0.15) is 0 Å². The molecule has 38 heavy (non-hydrogen) atoms. The zero-order valence-corrected chi connectivity index (χ0v) is 21.7. The number of anilines is 1. The second kappa shape index (κ2) is 11.3. The van der Waals surface area contributed by atoms with Crippen LogP contribution >= 0.6 is 0 Å². The third kappa shape index (κ3) is 6.43. The fourth-order valence-corrected chi connectivity index (χ4v) is 4.61. The SMILES string of the molecule is C[C@H]1CN(c2ccncc2CCc2ccc(F)c(-c3c(F)cc(OCC(C)(C)O)cc3F)n2)C[C@@H](N)[C@@H]1O. The number of aryl methyl sites for hydroxylation is 2. The molecule has 10 heteroatoms. The molecule has 0 unspecified atom stereocenters. The maximum absolute atomic E-state index is 14.9. The van der Waals surface area contributed by atoms with Crippen molar-refractivity contribution in [2.24, 2.45) is 11.7 Å². The third-order valence-corrected chi connectivity index (χ3v) is 6.58. The first kappa shape index (κ1) is 27.8. The van der Waals surface area contributed by atoms with Crippen LogP contribution in [0.3, 0.4) is 0 Å². The summed E-state index contributed by atoms with van der Waals surface area (Å²) in [5.74, 6) is -3.02. The van der Waals surface area contributed by atoms with Crippen molar-refractivity contribution in [2.45, 2.75) is 51.4 Å². The number of aliphatic hydroxyl groups is 2. The number of piperidine rings is 1. The summed E-state index contributed by atoms with van der Waals surface area (Å²) in [6, 6.07) is 6.04. The summed E-state index contributed by atoms with van der Waals surface area (Å²) >= 11 is 0. The van der Waals surface area contributed by atoms with E-state index in [1.165, 1.54) is 19.9 Å². The summed E-state index contributed by atoms with van der Waals surface area (Å²) < 4.78 is 49.8.